The van der Waals surface area contributed by atoms with E-state index in [1.54, 1.807) is 0 Å². The lowest BCUT2D eigenvalue weighted by molar-refractivity contribution is -0.196. The Balaban J connectivity index is 1.86. The summed E-state index contributed by atoms with van der Waals surface area (Å²) in [4.78, 5) is 5.84. The fraction of sp³-hybridized carbons (Fsp3) is 1.00. The second kappa shape index (κ2) is 5.73. The van der Waals surface area contributed by atoms with E-state index in [0.29, 0.717) is 6.42 Å². The predicted octanol–water partition coefficient (Wildman–Crippen LogP) is 3.83. The summed E-state index contributed by atoms with van der Waals surface area (Å²) in [5.74, 6) is -0.451. The molecule has 5 atom stereocenters. The highest BCUT2D eigenvalue weighted by molar-refractivity contribution is 5.04. The third-order valence-corrected chi connectivity index (χ3v) is 5.03. The van der Waals surface area contributed by atoms with E-state index >= 15 is 0 Å². The minimum atomic E-state index is -0.518. The fourth-order valence-electron chi connectivity index (χ4n) is 3.90. The Hall–Kier alpha value is -1.46. The molecule has 0 unspecified atom stereocenters. The van der Waals surface area contributed by atoms with Crippen LogP contribution in [0.3, 0.4) is 0 Å². The molecule has 3 aliphatic rings. The zero-order valence-corrected chi connectivity index (χ0v) is 12.1. The molecule has 0 radical (unpaired) electrons. The molecule has 8 heteroatoms. The second-order valence-corrected chi connectivity index (χ2v) is 6.28. The van der Waals surface area contributed by atoms with Gasteiger partial charge in [0.1, 0.15) is 0 Å². The first-order chi connectivity index (χ1) is 10.2. The van der Waals surface area contributed by atoms with Crippen molar-refractivity contribution in [2.75, 3.05) is 0 Å². The number of hydrogen-bond donors (Lipinski definition) is 0. The standard InChI is InChI=1S/C13H20N6O2/c1-8-9(16-18-14)7-10(17-19-15)12-11(8)20-13(21-12)5-3-2-4-6-13/h8-12H,2-7H2,1H3/t8-,9+,10-,11+,12+/m1/s1. The summed E-state index contributed by atoms with van der Waals surface area (Å²) in [6, 6.07) is -0.540. The van der Waals surface area contributed by atoms with Gasteiger partial charge in [-0.3, -0.25) is 0 Å². The molecular weight excluding hydrogens is 272 g/mol. The molecule has 3 rings (SSSR count). The Bertz CT molecular complexity index is 493. The third-order valence-electron chi connectivity index (χ3n) is 5.03. The van der Waals surface area contributed by atoms with Crippen molar-refractivity contribution in [2.24, 2.45) is 16.1 Å². The largest absolute Gasteiger partial charge is 0.344 e. The summed E-state index contributed by atoms with van der Waals surface area (Å²) in [5, 5.41) is 7.72. The van der Waals surface area contributed by atoms with Crippen molar-refractivity contribution >= 4 is 0 Å². The Morgan fingerprint density at radius 1 is 0.952 bits per heavy atom. The van der Waals surface area contributed by atoms with E-state index in [0.717, 1.165) is 25.7 Å². The number of hydrogen-bond acceptors (Lipinski definition) is 4. The topological polar surface area (TPSA) is 116 Å². The molecule has 1 saturated heterocycles. The van der Waals surface area contributed by atoms with E-state index in [9.17, 15) is 0 Å². The van der Waals surface area contributed by atoms with Gasteiger partial charge in [0, 0.05) is 28.7 Å². The first kappa shape index (κ1) is 14.5. The van der Waals surface area contributed by atoms with Gasteiger partial charge in [0.15, 0.2) is 5.79 Å². The summed E-state index contributed by atoms with van der Waals surface area (Å²) in [5.41, 5.74) is 17.5. The quantitative estimate of drug-likeness (QED) is 0.437. The summed E-state index contributed by atoms with van der Waals surface area (Å²) in [6.07, 6.45) is 5.32. The molecule has 21 heavy (non-hydrogen) atoms. The van der Waals surface area contributed by atoms with Crippen molar-refractivity contribution in [3.63, 3.8) is 0 Å². The van der Waals surface area contributed by atoms with Crippen molar-refractivity contribution in [3.8, 4) is 0 Å². The molecule has 2 aliphatic carbocycles. The number of azide groups is 2. The molecule has 1 aliphatic heterocycles. The van der Waals surface area contributed by atoms with Crippen LogP contribution in [0.5, 0.6) is 0 Å². The minimum Gasteiger partial charge on any atom is -0.344 e. The Kier molecular flexibility index (Phi) is 3.95. The van der Waals surface area contributed by atoms with Crippen LogP contribution in [0.4, 0.5) is 0 Å². The van der Waals surface area contributed by atoms with Gasteiger partial charge in [0.05, 0.1) is 18.2 Å². The van der Waals surface area contributed by atoms with Crippen molar-refractivity contribution < 1.29 is 9.47 Å². The lowest BCUT2D eigenvalue weighted by atomic mass is 9.79. The second-order valence-electron chi connectivity index (χ2n) is 6.28. The minimum absolute atomic E-state index is 0.0670. The van der Waals surface area contributed by atoms with Crippen LogP contribution in [0, 0.1) is 5.92 Å². The zero-order valence-electron chi connectivity index (χ0n) is 12.1. The summed E-state index contributed by atoms with van der Waals surface area (Å²) < 4.78 is 12.5. The SMILES string of the molecule is C[C@H]1[C@@H]2OC3(CCCCC3)O[C@H]2[C@H](N=[N+]=[N-])C[C@@H]1N=[N+]=[N-]. The maximum absolute atomic E-state index is 8.78. The molecule has 0 aromatic carbocycles. The van der Waals surface area contributed by atoms with E-state index in [4.69, 9.17) is 20.5 Å². The van der Waals surface area contributed by atoms with Gasteiger partial charge in [-0.2, -0.15) is 0 Å². The lowest BCUT2D eigenvalue weighted by Gasteiger charge is -2.37. The average Bonchev–Trinajstić information content (AvgIpc) is 2.85. The normalized spacial score (nSPS) is 40.9. The number of ether oxygens (including phenoxy) is 2. The van der Waals surface area contributed by atoms with Gasteiger partial charge in [0.25, 0.3) is 0 Å². The first-order valence-corrected chi connectivity index (χ1v) is 7.63. The molecule has 0 aromatic rings. The van der Waals surface area contributed by atoms with Crippen molar-refractivity contribution in [1.29, 1.82) is 0 Å². The van der Waals surface area contributed by atoms with Crippen molar-refractivity contribution in [3.05, 3.63) is 20.9 Å². The number of rotatable bonds is 2. The van der Waals surface area contributed by atoms with Crippen LogP contribution >= 0.6 is 0 Å². The van der Waals surface area contributed by atoms with E-state index in [2.05, 4.69) is 20.1 Å². The van der Waals surface area contributed by atoms with Gasteiger partial charge in [-0.15, -0.1) is 0 Å². The highest BCUT2D eigenvalue weighted by Gasteiger charge is 2.55. The summed E-state index contributed by atoms with van der Waals surface area (Å²) in [7, 11) is 0. The predicted molar refractivity (Wildman–Crippen MR) is 75.2 cm³/mol. The van der Waals surface area contributed by atoms with Gasteiger partial charge in [0.2, 0.25) is 0 Å². The van der Waals surface area contributed by atoms with Crippen LogP contribution in [0.1, 0.15) is 45.4 Å². The van der Waals surface area contributed by atoms with E-state index in [1.807, 2.05) is 6.92 Å². The molecule has 0 aromatic heterocycles. The molecule has 1 heterocycles. The molecule has 0 amide bonds. The maximum atomic E-state index is 8.78. The Labute approximate surface area is 123 Å². The molecular formula is C13H20N6O2. The Morgan fingerprint density at radius 3 is 2.24 bits per heavy atom. The van der Waals surface area contributed by atoms with Gasteiger partial charge in [-0.1, -0.05) is 23.6 Å². The van der Waals surface area contributed by atoms with Crippen LogP contribution in [-0.2, 0) is 9.47 Å². The molecule has 0 bridgehead atoms. The number of nitrogens with zero attached hydrogens (tertiary/aromatic N) is 6. The molecule has 2 saturated carbocycles. The van der Waals surface area contributed by atoms with Crippen molar-refractivity contribution in [1.82, 2.24) is 0 Å². The summed E-state index contributed by atoms with van der Waals surface area (Å²) in [6.45, 7) is 2.02. The van der Waals surface area contributed by atoms with Crippen LogP contribution in [-0.4, -0.2) is 30.1 Å². The van der Waals surface area contributed by atoms with Gasteiger partial charge < -0.3 is 9.47 Å². The molecule has 0 N–H and O–H groups in total. The van der Waals surface area contributed by atoms with Crippen LogP contribution < -0.4 is 0 Å². The molecule has 3 fully saturated rings. The van der Waals surface area contributed by atoms with Crippen LogP contribution in [0.25, 0.3) is 20.9 Å². The Morgan fingerprint density at radius 2 is 1.57 bits per heavy atom. The van der Waals surface area contributed by atoms with E-state index in [-0.39, 0.29) is 30.2 Å². The van der Waals surface area contributed by atoms with Gasteiger partial charge >= 0.3 is 0 Å². The smallest absolute Gasteiger partial charge is 0.169 e. The van der Waals surface area contributed by atoms with Gasteiger partial charge in [-0.05, 0) is 36.2 Å². The highest BCUT2D eigenvalue weighted by Crippen LogP contribution is 2.47. The third kappa shape index (κ3) is 2.56. The van der Waals surface area contributed by atoms with E-state index in [1.165, 1.54) is 6.42 Å². The average molecular weight is 292 g/mol. The summed E-state index contributed by atoms with van der Waals surface area (Å²) >= 11 is 0. The zero-order chi connectivity index (χ0) is 14.9. The molecule has 8 nitrogen and oxygen atoms in total. The van der Waals surface area contributed by atoms with Crippen LogP contribution in [0.2, 0.25) is 0 Å². The van der Waals surface area contributed by atoms with Crippen LogP contribution in [0.15, 0.2) is 10.2 Å². The maximum Gasteiger partial charge on any atom is 0.169 e. The first-order valence-electron chi connectivity index (χ1n) is 7.63. The molecule has 1 spiro atoms. The fourth-order valence-corrected chi connectivity index (χ4v) is 3.90. The monoisotopic (exact) mass is 292 g/mol. The molecule has 114 valence electrons. The highest BCUT2D eigenvalue weighted by atomic mass is 16.8. The van der Waals surface area contributed by atoms with Gasteiger partial charge in [-0.25, -0.2) is 0 Å². The number of fused-ring (bicyclic) bond motifs is 1. The lowest BCUT2D eigenvalue weighted by Crippen LogP contribution is -2.48. The van der Waals surface area contributed by atoms with E-state index < -0.39 is 5.79 Å². The van der Waals surface area contributed by atoms with Crippen molar-refractivity contribution in [2.45, 2.75) is 75.5 Å².